The highest BCUT2D eigenvalue weighted by atomic mass is 35.5. The Morgan fingerprint density at radius 2 is 2.21 bits per heavy atom. The third-order valence-electron chi connectivity index (χ3n) is 4.96. The lowest BCUT2D eigenvalue weighted by molar-refractivity contribution is 0.0934. The number of aromatic hydroxyl groups is 1. The third kappa shape index (κ3) is 3.44. The number of ether oxygens (including phenoxy) is 2. The average Bonchev–Trinajstić information content (AvgIpc) is 3.08. The largest absolute Gasteiger partial charge is 0.503 e. The maximum Gasteiger partial charge on any atom is 0.410 e. The average molecular weight is 438 g/mol. The van der Waals surface area contributed by atoms with Crippen LogP contribution in [0.25, 0.3) is 0 Å². The van der Waals surface area contributed by atoms with Crippen LogP contribution in [0.15, 0.2) is 12.1 Å². The molecule has 1 aromatic carbocycles. The van der Waals surface area contributed by atoms with E-state index < -0.39 is 6.17 Å². The molecular weight excluding hydrogens is 418 g/mol. The van der Waals surface area contributed by atoms with E-state index in [1.54, 1.807) is 24.0 Å². The van der Waals surface area contributed by atoms with E-state index in [1.165, 1.54) is 18.4 Å². The van der Waals surface area contributed by atoms with E-state index in [9.17, 15) is 14.7 Å². The maximum atomic E-state index is 12.9. The topological polar surface area (TPSA) is 100 Å². The Hall–Kier alpha value is -2.65. The van der Waals surface area contributed by atoms with Crippen molar-refractivity contribution in [1.29, 1.82) is 0 Å². The molecule has 10 heteroatoms. The van der Waals surface area contributed by atoms with Crippen molar-refractivity contribution in [1.82, 2.24) is 10.2 Å². The Kier molecular flexibility index (Phi) is 5.18. The lowest BCUT2D eigenvalue weighted by Gasteiger charge is -2.28. The number of phenols is 1. The highest BCUT2D eigenvalue weighted by molar-refractivity contribution is 7.16. The summed E-state index contributed by atoms with van der Waals surface area (Å²) in [4.78, 5) is 27.5. The lowest BCUT2D eigenvalue weighted by atomic mass is 10.0. The van der Waals surface area contributed by atoms with Crippen LogP contribution >= 0.6 is 22.9 Å². The Bertz CT molecular complexity index is 993. The monoisotopic (exact) mass is 437 g/mol. The van der Waals surface area contributed by atoms with Crippen molar-refractivity contribution >= 4 is 39.9 Å². The fraction of sp³-hybridized carbons (Fsp3) is 0.368. The Labute approximate surface area is 176 Å². The van der Waals surface area contributed by atoms with Gasteiger partial charge in [-0.3, -0.25) is 4.79 Å². The van der Waals surface area contributed by atoms with Gasteiger partial charge in [-0.2, -0.15) is 0 Å². The van der Waals surface area contributed by atoms with Crippen molar-refractivity contribution in [2.75, 3.05) is 25.6 Å². The molecule has 3 N–H and O–H groups in total. The number of thiophene rings is 1. The summed E-state index contributed by atoms with van der Waals surface area (Å²) < 4.78 is 10.2. The molecule has 4 rings (SSSR count). The number of nitrogens with one attached hydrogen (secondary N) is 2. The summed E-state index contributed by atoms with van der Waals surface area (Å²) in [5.74, 6) is -0.106. The summed E-state index contributed by atoms with van der Waals surface area (Å²) in [5, 5.41) is 17.1. The van der Waals surface area contributed by atoms with Gasteiger partial charge in [0.05, 0.1) is 30.8 Å². The summed E-state index contributed by atoms with van der Waals surface area (Å²) in [7, 11) is 1.43. The van der Waals surface area contributed by atoms with Crippen LogP contribution in [0.2, 0.25) is 5.02 Å². The molecule has 1 atom stereocenters. The Morgan fingerprint density at radius 1 is 1.41 bits per heavy atom. The molecule has 0 saturated heterocycles. The van der Waals surface area contributed by atoms with Crippen molar-refractivity contribution < 1.29 is 24.2 Å². The zero-order chi connectivity index (χ0) is 20.7. The molecule has 2 aromatic rings. The summed E-state index contributed by atoms with van der Waals surface area (Å²) in [6.45, 7) is 3.03. The number of rotatable bonds is 3. The number of halogens is 1. The van der Waals surface area contributed by atoms with E-state index in [0.717, 1.165) is 15.4 Å². The quantitative estimate of drug-likeness (QED) is 0.679. The molecule has 0 aliphatic carbocycles. The van der Waals surface area contributed by atoms with Crippen LogP contribution in [0.3, 0.4) is 0 Å². The molecule has 3 heterocycles. The first kappa shape index (κ1) is 19.7. The van der Waals surface area contributed by atoms with Crippen molar-refractivity contribution in [3.63, 3.8) is 0 Å². The first-order valence-corrected chi connectivity index (χ1v) is 10.3. The second kappa shape index (κ2) is 7.64. The number of benzene rings is 1. The minimum Gasteiger partial charge on any atom is -0.503 e. The number of hydrogen-bond acceptors (Lipinski definition) is 7. The van der Waals surface area contributed by atoms with Gasteiger partial charge in [-0.05, 0) is 36.6 Å². The van der Waals surface area contributed by atoms with Crippen molar-refractivity contribution in [3.8, 4) is 11.5 Å². The van der Waals surface area contributed by atoms with Crippen LogP contribution in [0, 0.1) is 0 Å². The number of nitrogens with zero attached hydrogens (tertiary/aromatic N) is 1. The van der Waals surface area contributed by atoms with Gasteiger partial charge >= 0.3 is 6.09 Å². The number of amides is 2. The van der Waals surface area contributed by atoms with E-state index in [4.69, 9.17) is 21.1 Å². The van der Waals surface area contributed by atoms with E-state index >= 15 is 0 Å². The van der Waals surface area contributed by atoms with Crippen molar-refractivity contribution in [2.24, 2.45) is 0 Å². The van der Waals surface area contributed by atoms with Gasteiger partial charge in [0.1, 0.15) is 11.2 Å². The SMILES string of the molecule is CCOC(=O)N1CCc2c(sc3c2C(=O)N[C@@H](c2cc(Cl)c(O)c(OC)c2)N3)C1. The van der Waals surface area contributed by atoms with Crippen LogP contribution in [0.4, 0.5) is 9.80 Å². The smallest absolute Gasteiger partial charge is 0.410 e. The molecule has 0 saturated carbocycles. The van der Waals surface area contributed by atoms with Crippen LogP contribution in [-0.4, -0.2) is 42.3 Å². The fourth-order valence-electron chi connectivity index (χ4n) is 3.57. The molecule has 0 spiro atoms. The molecule has 0 bridgehead atoms. The van der Waals surface area contributed by atoms with Gasteiger partial charge in [-0.1, -0.05) is 11.6 Å². The minimum absolute atomic E-state index is 0.136. The number of fused-ring (bicyclic) bond motifs is 3. The second-order valence-electron chi connectivity index (χ2n) is 6.68. The molecule has 0 radical (unpaired) electrons. The van der Waals surface area contributed by atoms with Crippen molar-refractivity contribution in [3.05, 3.63) is 38.7 Å². The molecule has 2 aliphatic heterocycles. The summed E-state index contributed by atoms with van der Waals surface area (Å²) in [6, 6.07) is 3.21. The molecule has 2 aliphatic rings. The van der Waals surface area contributed by atoms with Crippen LogP contribution < -0.4 is 15.4 Å². The first-order valence-electron chi connectivity index (χ1n) is 9.13. The minimum atomic E-state index is -0.525. The predicted octanol–water partition coefficient (Wildman–Crippen LogP) is 3.48. The molecule has 1 aromatic heterocycles. The predicted molar refractivity (Wildman–Crippen MR) is 109 cm³/mol. The van der Waals surface area contributed by atoms with E-state index in [0.29, 0.717) is 37.2 Å². The second-order valence-corrected chi connectivity index (χ2v) is 8.20. The number of carbonyl (C=O) groups is 2. The zero-order valence-electron chi connectivity index (χ0n) is 15.9. The van der Waals surface area contributed by atoms with Gasteiger partial charge in [-0.25, -0.2) is 4.79 Å². The number of anilines is 1. The van der Waals surface area contributed by atoms with Gasteiger partial charge in [0.15, 0.2) is 11.5 Å². The number of methoxy groups -OCH3 is 1. The summed E-state index contributed by atoms with van der Waals surface area (Å²) in [6.07, 6.45) is -0.271. The van der Waals surface area contributed by atoms with Crippen LogP contribution in [-0.2, 0) is 17.7 Å². The number of carbonyl (C=O) groups excluding carboxylic acids is 2. The van der Waals surface area contributed by atoms with Gasteiger partial charge < -0.3 is 30.1 Å². The highest BCUT2D eigenvalue weighted by Crippen LogP contribution is 2.42. The molecular formula is C19H20ClN3O5S. The molecule has 154 valence electrons. The Morgan fingerprint density at radius 3 is 2.93 bits per heavy atom. The van der Waals surface area contributed by atoms with Crippen molar-refractivity contribution in [2.45, 2.75) is 26.1 Å². The normalized spacial score (nSPS) is 17.7. The van der Waals surface area contributed by atoms with Crippen LogP contribution in [0.1, 0.15) is 39.5 Å². The first-order chi connectivity index (χ1) is 13.9. The molecule has 0 unspecified atom stereocenters. The zero-order valence-corrected chi connectivity index (χ0v) is 17.4. The van der Waals surface area contributed by atoms with Gasteiger partial charge in [0.25, 0.3) is 5.91 Å². The third-order valence-corrected chi connectivity index (χ3v) is 6.40. The van der Waals surface area contributed by atoms with E-state index in [1.807, 2.05) is 0 Å². The summed E-state index contributed by atoms with van der Waals surface area (Å²) in [5.41, 5.74) is 2.25. The molecule has 2 amide bonds. The van der Waals surface area contributed by atoms with E-state index in [2.05, 4.69) is 10.6 Å². The maximum absolute atomic E-state index is 12.9. The number of phenolic OH excluding ortho intramolecular Hbond substituents is 1. The standard InChI is InChI=1S/C19H20ClN3O5S/c1-3-28-19(26)23-5-4-10-13(8-23)29-18-14(10)17(25)21-16(22-18)9-6-11(20)15(24)12(7-9)27-2/h6-7,16,22,24H,3-5,8H2,1-2H3,(H,21,25)/t16-/m1/s1. The number of hydrogen-bond donors (Lipinski definition) is 3. The van der Waals surface area contributed by atoms with Gasteiger partial charge in [-0.15, -0.1) is 11.3 Å². The molecule has 29 heavy (non-hydrogen) atoms. The van der Waals surface area contributed by atoms with Gasteiger partial charge in [0, 0.05) is 11.4 Å². The highest BCUT2D eigenvalue weighted by Gasteiger charge is 2.34. The van der Waals surface area contributed by atoms with Crippen LogP contribution in [0.5, 0.6) is 11.5 Å². The fourth-order valence-corrected chi connectivity index (χ4v) is 5.08. The summed E-state index contributed by atoms with van der Waals surface area (Å²) >= 11 is 7.55. The van der Waals surface area contributed by atoms with E-state index in [-0.39, 0.29) is 28.5 Å². The van der Waals surface area contributed by atoms with Gasteiger partial charge in [0.2, 0.25) is 0 Å². The lowest BCUT2D eigenvalue weighted by Crippen LogP contribution is -2.39. The Balaban J connectivity index is 1.62. The molecule has 0 fully saturated rings. The molecule has 8 nitrogen and oxygen atoms in total.